The number of aryl methyl sites for hydroxylation is 2. The molecule has 0 bridgehead atoms. The second-order valence-corrected chi connectivity index (χ2v) is 9.54. The highest BCUT2D eigenvalue weighted by Gasteiger charge is 2.26. The Kier molecular flexibility index (Phi) is 6.53. The van der Waals surface area contributed by atoms with Crippen LogP contribution in [0, 0.1) is 13.8 Å². The lowest BCUT2D eigenvalue weighted by Gasteiger charge is -2.23. The maximum absolute atomic E-state index is 13.2. The largest absolute Gasteiger partial charge is 0.376 e. The summed E-state index contributed by atoms with van der Waals surface area (Å²) >= 11 is 3.26. The van der Waals surface area contributed by atoms with Crippen molar-refractivity contribution in [3.05, 3.63) is 59.2 Å². The van der Waals surface area contributed by atoms with Gasteiger partial charge in [-0.25, -0.2) is 4.98 Å². The molecule has 29 heavy (non-hydrogen) atoms. The third-order valence-corrected chi connectivity index (χ3v) is 7.11. The van der Waals surface area contributed by atoms with Gasteiger partial charge in [-0.1, -0.05) is 47.7 Å². The van der Waals surface area contributed by atoms with Crippen molar-refractivity contribution in [3.8, 4) is 0 Å². The number of ether oxygens (including phenoxy) is 1. The van der Waals surface area contributed by atoms with Gasteiger partial charge in [0, 0.05) is 12.4 Å². The third kappa shape index (κ3) is 5.00. The molecule has 0 spiro atoms. The minimum Gasteiger partial charge on any atom is -0.376 e. The summed E-state index contributed by atoms with van der Waals surface area (Å²) in [4.78, 5) is 19.9. The normalized spacial score (nSPS) is 16.4. The van der Waals surface area contributed by atoms with Gasteiger partial charge in [-0.15, -0.1) is 11.8 Å². The van der Waals surface area contributed by atoms with Gasteiger partial charge in [0.15, 0.2) is 5.13 Å². The summed E-state index contributed by atoms with van der Waals surface area (Å²) < 4.78 is 6.96. The first-order valence-electron chi connectivity index (χ1n) is 10.0. The quantitative estimate of drug-likeness (QED) is 0.510. The standard InChI is InChI=1S/C23H26N2O2S2/c1-16-11-17(2)22-20(12-16)29-23(24-22)25(13-19-9-6-10-27-19)21(26)15-28-14-18-7-4-3-5-8-18/h3-5,7-8,11-12,19H,6,9-10,13-15H2,1-2H3. The zero-order valence-corrected chi connectivity index (χ0v) is 18.5. The minimum atomic E-state index is 0.105. The van der Waals surface area contributed by atoms with E-state index in [-0.39, 0.29) is 12.0 Å². The van der Waals surface area contributed by atoms with E-state index in [0.717, 1.165) is 46.1 Å². The molecule has 0 N–H and O–H groups in total. The summed E-state index contributed by atoms with van der Waals surface area (Å²) in [5.74, 6) is 1.38. The molecule has 2 aromatic carbocycles. The van der Waals surface area contributed by atoms with Gasteiger partial charge >= 0.3 is 0 Å². The number of anilines is 1. The van der Waals surface area contributed by atoms with E-state index in [0.29, 0.717) is 12.3 Å². The predicted octanol–water partition coefficient (Wildman–Crippen LogP) is 5.36. The van der Waals surface area contributed by atoms with Crippen LogP contribution in [0.1, 0.15) is 29.5 Å². The van der Waals surface area contributed by atoms with E-state index >= 15 is 0 Å². The molecule has 0 radical (unpaired) electrons. The lowest BCUT2D eigenvalue weighted by Crippen LogP contribution is -2.38. The summed E-state index contributed by atoms with van der Waals surface area (Å²) in [7, 11) is 0. The molecule has 6 heteroatoms. The molecule has 1 aliphatic heterocycles. The third-order valence-electron chi connectivity index (χ3n) is 5.10. The number of thiazole rings is 1. The van der Waals surface area contributed by atoms with E-state index in [1.165, 1.54) is 11.1 Å². The molecule has 1 atom stereocenters. The van der Waals surface area contributed by atoms with Gasteiger partial charge in [-0.3, -0.25) is 9.69 Å². The van der Waals surface area contributed by atoms with Crippen LogP contribution in [-0.2, 0) is 15.3 Å². The summed E-state index contributed by atoms with van der Waals surface area (Å²) in [5, 5.41) is 0.787. The molecule has 1 aromatic heterocycles. The molecule has 1 saturated heterocycles. The van der Waals surface area contributed by atoms with Crippen LogP contribution in [0.4, 0.5) is 5.13 Å². The zero-order chi connectivity index (χ0) is 20.2. The number of carbonyl (C=O) groups excluding carboxylic acids is 1. The van der Waals surface area contributed by atoms with Gasteiger partial charge in [0.05, 0.1) is 28.6 Å². The van der Waals surface area contributed by atoms with Crippen molar-refractivity contribution in [1.29, 1.82) is 0 Å². The number of nitrogens with zero attached hydrogens (tertiary/aromatic N) is 2. The number of benzene rings is 2. The van der Waals surface area contributed by atoms with Crippen molar-refractivity contribution in [3.63, 3.8) is 0 Å². The SMILES string of the molecule is Cc1cc(C)c2nc(N(CC3CCCO3)C(=O)CSCc3ccccc3)sc2c1. The molecule has 1 unspecified atom stereocenters. The maximum atomic E-state index is 13.2. The van der Waals surface area contributed by atoms with E-state index in [9.17, 15) is 4.79 Å². The number of fused-ring (bicyclic) bond motifs is 1. The van der Waals surface area contributed by atoms with E-state index in [4.69, 9.17) is 9.72 Å². The van der Waals surface area contributed by atoms with Crippen LogP contribution >= 0.6 is 23.1 Å². The monoisotopic (exact) mass is 426 g/mol. The number of thioether (sulfide) groups is 1. The van der Waals surface area contributed by atoms with Crippen LogP contribution in [0.3, 0.4) is 0 Å². The second kappa shape index (κ2) is 9.28. The lowest BCUT2D eigenvalue weighted by molar-refractivity contribution is -0.116. The molecule has 2 heterocycles. The number of hydrogen-bond donors (Lipinski definition) is 0. The molecule has 1 aliphatic rings. The first kappa shape index (κ1) is 20.4. The molecule has 0 aliphatic carbocycles. The number of hydrogen-bond acceptors (Lipinski definition) is 5. The van der Waals surface area contributed by atoms with Crippen molar-refractivity contribution in [1.82, 2.24) is 4.98 Å². The van der Waals surface area contributed by atoms with Crippen LogP contribution in [0.2, 0.25) is 0 Å². The molecule has 4 nitrogen and oxygen atoms in total. The highest BCUT2D eigenvalue weighted by Crippen LogP contribution is 2.33. The Morgan fingerprint density at radius 3 is 2.86 bits per heavy atom. The number of amides is 1. The average molecular weight is 427 g/mol. The number of rotatable bonds is 7. The Bertz CT molecular complexity index is 981. The summed E-state index contributed by atoms with van der Waals surface area (Å²) in [6, 6.07) is 14.6. The van der Waals surface area contributed by atoms with E-state index in [1.807, 2.05) is 23.1 Å². The molecule has 0 saturated carbocycles. The minimum absolute atomic E-state index is 0.105. The lowest BCUT2D eigenvalue weighted by atomic mass is 10.1. The van der Waals surface area contributed by atoms with Gasteiger partial charge in [0.25, 0.3) is 0 Å². The summed E-state index contributed by atoms with van der Waals surface area (Å²) in [6.07, 6.45) is 2.17. The van der Waals surface area contributed by atoms with Crippen LogP contribution < -0.4 is 4.90 Å². The molecule has 1 fully saturated rings. The topological polar surface area (TPSA) is 42.4 Å². The van der Waals surface area contributed by atoms with E-state index in [2.05, 4.69) is 38.1 Å². The molecule has 152 valence electrons. The van der Waals surface area contributed by atoms with Crippen LogP contribution in [0.5, 0.6) is 0 Å². The Balaban J connectivity index is 1.52. The predicted molar refractivity (Wildman–Crippen MR) is 123 cm³/mol. The van der Waals surface area contributed by atoms with Crippen molar-refractivity contribution < 1.29 is 9.53 Å². The van der Waals surface area contributed by atoms with Gasteiger partial charge < -0.3 is 4.74 Å². The molecule has 1 amide bonds. The number of carbonyl (C=O) groups is 1. The smallest absolute Gasteiger partial charge is 0.238 e. The van der Waals surface area contributed by atoms with Crippen molar-refractivity contribution >= 4 is 44.4 Å². The van der Waals surface area contributed by atoms with Crippen LogP contribution in [0.15, 0.2) is 42.5 Å². The van der Waals surface area contributed by atoms with Crippen molar-refractivity contribution in [2.45, 2.75) is 38.5 Å². The molecule has 4 rings (SSSR count). The molecule has 3 aromatic rings. The zero-order valence-electron chi connectivity index (χ0n) is 16.9. The Labute approximate surface area is 180 Å². The summed E-state index contributed by atoms with van der Waals surface area (Å²) in [5.41, 5.74) is 4.62. The van der Waals surface area contributed by atoms with Gasteiger partial charge in [-0.05, 0) is 49.4 Å². The van der Waals surface area contributed by atoms with E-state index in [1.54, 1.807) is 23.1 Å². The van der Waals surface area contributed by atoms with Crippen molar-refractivity contribution in [2.75, 3.05) is 23.8 Å². The maximum Gasteiger partial charge on any atom is 0.238 e. The molecular formula is C23H26N2O2S2. The second-order valence-electron chi connectivity index (χ2n) is 7.54. The first-order chi connectivity index (χ1) is 14.1. The average Bonchev–Trinajstić information content (AvgIpc) is 3.36. The van der Waals surface area contributed by atoms with E-state index < -0.39 is 0 Å². The number of aromatic nitrogens is 1. The Hall–Kier alpha value is -1.89. The van der Waals surface area contributed by atoms with Gasteiger partial charge in [0.2, 0.25) is 5.91 Å². The highest BCUT2D eigenvalue weighted by atomic mass is 32.2. The van der Waals surface area contributed by atoms with Gasteiger partial charge in [0.1, 0.15) is 0 Å². The summed E-state index contributed by atoms with van der Waals surface area (Å²) in [6.45, 7) is 5.55. The van der Waals surface area contributed by atoms with Crippen LogP contribution in [0.25, 0.3) is 10.2 Å². The fourth-order valence-corrected chi connectivity index (χ4v) is 5.69. The van der Waals surface area contributed by atoms with Crippen molar-refractivity contribution in [2.24, 2.45) is 0 Å². The van der Waals surface area contributed by atoms with Gasteiger partial charge in [-0.2, -0.15) is 0 Å². The first-order valence-corrected chi connectivity index (χ1v) is 12.0. The van der Waals surface area contributed by atoms with Crippen LogP contribution in [-0.4, -0.2) is 35.9 Å². The fourth-order valence-electron chi connectivity index (χ4n) is 3.66. The Morgan fingerprint density at radius 1 is 1.28 bits per heavy atom. The Morgan fingerprint density at radius 2 is 2.10 bits per heavy atom. The highest BCUT2D eigenvalue weighted by molar-refractivity contribution is 7.99. The fraction of sp³-hybridized carbons (Fsp3) is 0.391. The molecular weight excluding hydrogens is 400 g/mol.